The third-order valence-electron chi connectivity index (χ3n) is 11.0. The molecule has 0 atom stereocenters. The monoisotopic (exact) mass is 755 g/mol. The van der Waals surface area contributed by atoms with E-state index in [2.05, 4.69) is 40.9 Å². The van der Waals surface area contributed by atoms with Crippen LogP contribution in [-0.2, 0) is 18.9 Å². The van der Waals surface area contributed by atoms with Crippen LogP contribution in [0.5, 0.6) is 0 Å². The molecule has 4 aliphatic heterocycles. The fraction of sp³-hybridized carbons (Fsp3) is 0.833. The highest BCUT2D eigenvalue weighted by atomic mass is 16.5. The number of hydrogen-bond donors (Lipinski definition) is 4. The molecule has 1 saturated carbocycles. The number of anilines is 4. The van der Waals surface area contributed by atoms with Gasteiger partial charge >= 0.3 is 0 Å². The largest absolute Gasteiger partial charge is 0.379 e. The van der Waals surface area contributed by atoms with Gasteiger partial charge in [0.2, 0.25) is 23.8 Å². The van der Waals surface area contributed by atoms with Crippen molar-refractivity contribution in [2.45, 2.75) is 37.5 Å². The molecule has 0 unspecified atom stereocenters. The molecule has 5 fully saturated rings. The summed E-state index contributed by atoms with van der Waals surface area (Å²) in [4.78, 5) is 39.2. The minimum Gasteiger partial charge on any atom is -0.379 e. The van der Waals surface area contributed by atoms with Gasteiger partial charge in [-0.15, -0.1) is 0 Å². The first-order chi connectivity index (χ1) is 26.7. The fourth-order valence-electron chi connectivity index (χ4n) is 7.68. The second kappa shape index (κ2) is 21.3. The molecule has 0 aromatic carbocycles. The lowest BCUT2D eigenvalue weighted by Crippen LogP contribution is -2.39. The molecule has 18 nitrogen and oxygen atoms in total. The summed E-state index contributed by atoms with van der Waals surface area (Å²) in [6, 6.07) is 0. The molecule has 300 valence electrons. The highest BCUT2D eigenvalue weighted by Crippen LogP contribution is 2.39. The summed E-state index contributed by atoms with van der Waals surface area (Å²) in [6.45, 7) is 20.8. The highest BCUT2D eigenvalue weighted by molar-refractivity contribution is 5.37. The summed E-state index contributed by atoms with van der Waals surface area (Å²) in [5.41, 5.74) is 0. The molecule has 1 aliphatic carbocycles. The van der Waals surface area contributed by atoms with Crippen LogP contribution in [0.25, 0.3) is 0 Å². The smallest absolute Gasteiger partial charge is 0.227 e. The third kappa shape index (κ3) is 12.5. The molecule has 4 saturated heterocycles. The second-order valence-corrected chi connectivity index (χ2v) is 14.8. The lowest BCUT2D eigenvalue weighted by molar-refractivity contribution is 0.0397. The minimum absolute atomic E-state index is 0.239. The van der Waals surface area contributed by atoms with Crippen LogP contribution >= 0.6 is 0 Å². The number of ether oxygens (including phenoxy) is 4. The molecular weight excluding hydrogens is 692 g/mol. The summed E-state index contributed by atoms with van der Waals surface area (Å²) in [7, 11) is 0. The normalized spacial score (nSPS) is 23.9. The highest BCUT2D eigenvalue weighted by Gasteiger charge is 2.29. The number of morpholine rings is 4. The molecule has 0 amide bonds. The Morgan fingerprint density at radius 2 is 0.611 bits per heavy atom. The van der Waals surface area contributed by atoms with Gasteiger partial charge in [-0.2, -0.15) is 29.9 Å². The Hall–Kier alpha value is -3.10. The number of nitrogens with one attached hydrogen (secondary N) is 4. The number of hydrogen-bond acceptors (Lipinski definition) is 18. The van der Waals surface area contributed by atoms with Crippen LogP contribution in [0.1, 0.15) is 49.2 Å². The van der Waals surface area contributed by atoms with Crippen LogP contribution < -0.4 is 21.3 Å². The van der Waals surface area contributed by atoms with Crippen molar-refractivity contribution in [2.24, 2.45) is 0 Å². The predicted molar refractivity (Wildman–Crippen MR) is 207 cm³/mol. The van der Waals surface area contributed by atoms with Crippen molar-refractivity contribution in [3.05, 3.63) is 11.6 Å². The zero-order valence-corrected chi connectivity index (χ0v) is 32.1. The third-order valence-corrected chi connectivity index (χ3v) is 11.0. The van der Waals surface area contributed by atoms with Crippen LogP contribution in [0, 0.1) is 0 Å². The first kappa shape index (κ1) is 39.1. The Kier molecular flexibility index (Phi) is 15.4. The molecule has 7 rings (SSSR count). The maximum absolute atomic E-state index is 5.52. The van der Waals surface area contributed by atoms with Gasteiger partial charge < -0.3 is 40.2 Å². The molecule has 2 aromatic heterocycles. The van der Waals surface area contributed by atoms with Crippen LogP contribution in [0.4, 0.5) is 23.8 Å². The Labute approximate surface area is 319 Å². The molecule has 0 radical (unpaired) electrons. The quantitative estimate of drug-likeness (QED) is 0.165. The zero-order chi connectivity index (χ0) is 36.6. The van der Waals surface area contributed by atoms with Crippen molar-refractivity contribution in [3.8, 4) is 0 Å². The SMILES string of the molecule is C(CN1CCOCC1)Nc1nc(NCCN2CCOCC2)nc(C2CCC(c3nc(NCCN4CCOCC4)nc(NCCN4CCOCC4)n3)CC2)n1. The molecule has 18 heteroatoms. The van der Waals surface area contributed by atoms with Gasteiger partial charge in [0, 0.05) is 117 Å². The van der Waals surface area contributed by atoms with Crippen LogP contribution in [-0.4, -0.2) is 207 Å². The van der Waals surface area contributed by atoms with Crippen molar-refractivity contribution in [2.75, 3.05) is 179 Å². The summed E-state index contributed by atoms with van der Waals surface area (Å²) in [5, 5.41) is 14.0. The summed E-state index contributed by atoms with van der Waals surface area (Å²) < 4.78 is 22.1. The first-order valence-corrected chi connectivity index (χ1v) is 20.4. The van der Waals surface area contributed by atoms with Gasteiger partial charge in [-0.1, -0.05) is 0 Å². The Morgan fingerprint density at radius 3 is 0.852 bits per heavy atom. The van der Waals surface area contributed by atoms with Gasteiger partial charge in [0.1, 0.15) is 11.6 Å². The average molecular weight is 755 g/mol. The molecule has 2 aromatic rings. The Morgan fingerprint density at radius 1 is 0.370 bits per heavy atom. The van der Waals surface area contributed by atoms with Crippen molar-refractivity contribution >= 4 is 23.8 Å². The van der Waals surface area contributed by atoms with Crippen LogP contribution in [0.3, 0.4) is 0 Å². The molecule has 6 heterocycles. The first-order valence-electron chi connectivity index (χ1n) is 20.4. The van der Waals surface area contributed by atoms with Gasteiger partial charge in [0.15, 0.2) is 0 Å². The van der Waals surface area contributed by atoms with Gasteiger partial charge in [-0.3, -0.25) is 19.6 Å². The number of aromatic nitrogens is 6. The van der Waals surface area contributed by atoms with Gasteiger partial charge in [0.25, 0.3) is 0 Å². The molecule has 4 N–H and O–H groups in total. The topological polar surface area (TPSA) is 175 Å². The van der Waals surface area contributed by atoms with E-state index in [9.17, 15) is 0 Å². The van der Waals surface area contributed by atoms with Crippen molar-refractivity contribution < 1.29 is 18.9 Å². The van der Waals surface area contributed by atoms with E-state index >= 15 is 0 Å². The predicted octanol–water partition coefficient (Wildman–Crippen LogP) is 0.474. The summed E-state index contributed by atoms with van der Waals surface area (Å²) in [5.74, 6) is 4.76. The Bertz CT molecular complexity index is 1190. The lowest BCUT2D eigenvalue weighted by atomic mass is 9.81. The van der Waals surface area contributed by atoms with Crippen LogP contribution in [0.15, 0.2) is 0 Å². The van der Waals surface area contributed by atoms with E-state index < -0.39 is 0 Å². The van der Waals surface area contributed by atoms with E-state index in [1.807, 2.05) is 0 Å². The maximum atomic E-state index is 5.52. The molecule has 5 aliphatic rings. The van der Waals surface area contributed by atoms with Gasteiger partial charge in [-0.05, 0) is 25.7 Å². The zero-order valence-electron chi connectivity index (χ0n) is 32.1. The van der Waals surface area contributed by atoms with Crippen molar-refractivity contribution in [1.82, 2.24) is 49.5 Å². The van der Waals surface area contributed by atoms with Crippen LogP contribution in [0.2, 0.25) is 0 Å². The minimum atomic E-state index is 0.239. The summed E-state index contributed by atoms with van der Waals surface area (Å²) >= 11 is 0. The molecule has 54 heavy (non-hydrogen) atoms. The van der Waals surface area contributed by atoms with E-state index in [4.69, 9.17) is 48.9 Å². The van der Waals surface area contributed by atoms with Gasteiger partial charge in [-0.25, -0.2) is 0 Å². The average Bonchev–Trinajstić information content (AvgIpc) is 3.22. The molecule has 0 spiro atoms. The van der Waals surface area contributed by atoms with Gasteiger partial charge in [0.05, 0.1) is 52.9 Å². The molecular formula is C36H62N14O4. The lowest BCUT2D eigenvalue weighted by Gasteiger charge is -2.28. The standard InChI is InChI=1S/C36H62N14O4/c1-2-30(32-43-35(39-7-11-49-17-25-53-26-18-49)46-36(44-32)40-8-12-50-19-27-54-28-20-50)4-3-29(1)31-41-33(37-5-9-47-13-21-51-22-14-47)45-34(42-31)38-6-10-48-15-23-52-24-16-48/h29-30H,1-28H2,(H2,37,38,41,42,45)(H2,39,40,43,44,46). The summed E-state index contributed by atoms with van der Waals surface area (Å²) in [6.07, 6.45) is 3.83. The fourth-order valence-corrected chi connectivity index (χ4v) is 7.68. The van der Waals surface area contributed by atoms with E-state index in [0.717, 1.165) is 195 Å². The van der Waals surface area contributed by atoms with E-state index in [-0.39, 0.29) is 11.8 Å². The second-order valence-electron chi connectivity index (χ2n) is 14.8. The maximum Gasteiger partial charge on any atom is 0.227 e. The van der Waals surface area contributed by atoms with E-state index in [1.165, 1.54) is 0 Å². The van der Waals surface area contributed by atoms with Crippen molar-refractivity contribution in [1.29, 1.82) is 0 Å². The number of rotatable bonds is 18. The van der Waals surface area contributed by atoms with Crippen molar-refractivity contribution in [3.63, 3.8) is 0 Å². The Balaban J connectivity index is 0.979. The van der Waals surface area contributed by atoms with E-state index in [0.29, 0.717) is 23.8 Å². The molecule has 0 bridgehead atoms. The number of nitrogens with zero attached hydrogens (tertiary/aromatic N) is 10. The van der Waals surface area contributed by atoms with E-state index in [1.54, 1.807) is 0 Å².